The van der Waals surface area contributed by atoms with Gasteiger partial charge in [0.25, 0.3) is 5.56 Å². The molecule has 0 unspecified atom stereocenters. The molecule has 1 heterocycles. The molecule has 2 N–H and O–H groups in total. The minimum atomic E-state index is -4.47. The Morgan fingerprint density at radius 1 is 1.43 bits per heavy atom. The van der Waals surface area contributed by atoms with Crippen molar-refractivity contribution in [1.29, 1.82) is 0 Å². The van der Waals surface area contributed by atoms with Gasteiger partial charge >= 0.3 is 6.18 Å². The van der Waals surface area contributed by atoms with E-state index in [9.17, 15) is 18.0 Å². The molecule has 1 rings (SSSR count). The van der Waals surface area contributed by atoms with Gasteiger partial charge in [-0.1, -0.05) is 0 Å². The van der Waals surface area contributed by atoms with Crippen LogP contribution in [0.5, 0.6) is 0 Å². The molecule has 0 bridgehead atoms. The summed E-state index contributed by atoms with van der Waals surface area (Å²) in [5, 5.41) is 0. The molecule has 1 aromatic heterocycles. The number of rotatable bonds is 1. The minimum Gasteiger partial charge on any atom is -0.325 e. The third-order valence-electron chi connectivity index (χ3n) is 1.94. The van der Waals surface area contributed by atoms with Crippen LogP contribution in [0, 0.1) is 0 Å². The lowest BCUT2D eigenvalue weighted by atomic mass is 10.2. The van der Waals surface area contributed by atoms with Gasteiger partial charge in [0.05, 0.1) is 5.56 Å². The van der Waals surface area contributed by atoms with Gasteiger partial charge in [-0.05, 0) is 6.07 Å². The van der Waals surface area contributed by atoms with E-state index in [0.29, 0.717) is 0 Å². The fourth-order valence-electron chi connectivity index (χ4n) is 1.18. The van der Waals surface area contributed by atoms with Crippen molar-refractivity contribution in [2.24, 2.45) is 12.8 Å². The van der Waals surface area contributed by atoms with Gasteiger partial charge in [-0.25, -0.2) is 0 Å². The normalized spacial score (nSPS) is 11.8. The first kappa shape index (κ1) is 10.8. The second-order valence-corrected chi connectivity index (χ2v) is 2.79. The molecular weight excluding hydrogens is 197 g/mol. The minimum absolute atomic E-state index is 0.204. The van der Waals surface area contributed by atoms with Gasteiger partial charge in [-0.2, -0.15) is 13.2 Å². The van der Waals surface area contributed by atoms with Crippen LogP contribution >= 0.6 is 0 Å². The highest BCUT2D eigenvalue weighted by Crippen LogP contribution is 2.30. The van der Waals surface area contributed by atoms with E-state index < -0.39 is 17.3 Å². The first-order valence-corrected chi connectivity index (χ1v) is 3.84. The number of nitrogens with two attached hydrogens (primary N) is 1. The third kappa shape index (κ3) is 1.79. The first-order valence-electron chi connectivity index (χ1n) is 3.84. The van der Waals surface area contributed by atoms with Crippen molar-refractivity contribution in [1.82, 2.24) is 4.57 Å². The predicted octanol–water partition coefficient (Wildman–Crippen LogP) is 0.863. The Bertz CT molecular complexity index is 395. The first-order chi connectivity index (χ1) is 6.38. The maximum Gasteiger partial charge on any atom is 0.418 e. The van der Waals surface area contributed by atoms with Crippen molar-refractivity contribution < 1.29 is 13.2 Å². The molecule has 78 valence electrons. The molecule has 3 nitrogen and oxygen atoms in total. The topological polar surface area (TPSA) is 48.0 Å². The van der Waals surface area contributed by atoms with Gasteiger partial charge in [0.2, 0.25) is 0 Å². The summed E-state index contributed by atoms with van der Waals surface area (Å²) < 4.78 is 38.0. The average molecular weight is 206 g/mol. The molecule has 6 heteroatoms. The standard InChI is InChI=1S/C8H9F3N2O/c1-13-6(4-12)5(8(9,10)11)2-3-7(13)14/h2-3H,4,12H2,1H3. The van der Waals surface area contributed by atoms with Crippen molar-refractivity contribution in [2.45, 2.75) is 12.7 Å². The van der Waals surface area contributed by atoms with Crippen molar-refractivity contribution in [3.8, 4) is 0 Å². The summed E-state index contributed by atoms with van der Waals surface area (Å²) >= 11 is 0. The lowest BCUT2D eigenvalue weighted by Gasteiger charge is -2.14. The molecule has 0 atom stereocenters. The molecule has 0 amide bonds. The Labute approximate surface area is 78.0 Å². The number of aromatic nitrogens is 1. The van der Waals surface area contributed by atoms with Crippen LogP contribution in [-0.4, -0.2) is 4.57 Å². The molecule has 1 aromatic rings. The van der Waals surface area contributed by atoms with Gasteiger partial charge in [-0.15, -0.1) is 0 Å². The van der Waals surface area contributed by atoms with Crippen molar-refractivity contribution in [3.05, 3.63) is 33.7 Å². The van der Waals surface area contributed by atoms with Gasteiger partial charge in [0.1, 0.15) is 0 Å². The van der Waals surface area contributed by atoms with E-state index in [-0.39, 0.29) is 12.2 Å². The molecule has 14 heavy (non-hydrogen) atoms. The molecule has 0 aromatic carbocycles. The summed E-state index contributed by atoms with van der Waals surface area (Å²) in [6, 6.07) is 1.63. The zero-order valence-corrected chi connectivity index (χ0v) is 7.43. The third-order valence-corrected chi connectivity index (χ3v) is 1.94. The average Bonchev–Trinajstić information content (AvgIpc) is 2.07. The van der Waals surface area contributed by atoms with E-state index in [0.717, 1.165) is 16.7 Å². The Morgan fingerprint density at radius 3 is 2.43 bits per heavy atom. The number of hydrogen-bond acceptors (Lipinski definition) is 2. The Morgan fingerprint density at radius 2 is 2.00 bits per heavy atom. The number of nitrogens with zero attached hydrogens (tertiary/aromatic N) is 1. The Hall–Kier alpha value is -1.30. The zero-order chi connectivity index (χ0) is 10.9. The molecule has 0 radical (unpaired) electrons. The van der Waals surface area contributed by atoms with E-state index in [1.807, 2.05) is 0 Å². The van der Waals surface area contributed by atoms with Gasteiger partial charge < -0.3 is 10.3 Å². The summed E-state index contributed by atoms with van der Waals surface area (Å²) in [4.78, 5) is 11.0. The molecule has 0 aliphatic rings. The van der Waals surface area contributed by atoms with Crippen LogP contribution in [0.3, 0.4) is 0 Å². The summed E-state index contributed by atoms with van der Waals surface area (Å²) in [5.74, 6) is 0. The lowest BCUT2D eigenvalue weighted by Crippen LogP contribution is -2.26. The Kier molecular flexibility index (Phi) is 2.66. The van der Waals surface area contributed by atoms with Gasteiger partial charge in [-0.3, -0.25) is 4.79 Å². The fraction of sp³-hybridized carbons (Fsp3) is 0.375. The van der Waals surface area contributed by atoms with Crippen LogP contribution in [0.15, 0.2) is 16.9 Å². The fourth-order valence-corrected chi connectivity index (χ4v) is 1.18. The summed E-state index contributed by atoms with van der Waals surface area (Å²) in [7, 11) is 1.26. The molecule has 0 aliphatic heterocycles. The largest absolute Gasteiger partial charge is 0.418 e. The van der Waals surface area contributed by atoms with Crippen molar-refractivity contribution in [2.75, 3.05) is 0 Å². The number of hydrogen-bond donors (Lipinski definition) is 1. The SMILES string of the molecule is Cn1c(CN)c(C(F)(F)F)ccc1=O. The van der Waals surface area contributed by atoms with E-state index in [1.165, 1.54) is 7.05 Å². The lowest BCUT2D eigenvalue weighted by molar-refractivity contribution is -0.138. The van der Waals surface area contributed by atoms with E-state index >= 15 is 0 Å². The van der Waals surface area contributed by atoms with Crippen LogP contribution < -0.4 is 11.3 Å². The predicted molar refractivity (Wildman–Crippen MR) is 44.6 cm³/mol. The summed E-state index contributed by atoms with van der Waals surface area (Å²) in [5.41, 5.74) is 3.59. The van der Waals surface area contributed by atoms with Crippen LogP contribution in [0.4, 0.5) is 13.2 Å². The smallest absolute Gasteiger partial charge is 0.325 e. The molecule has 0 spiro atoms. The monoisotopic (exact) mass is 206 g/mol. The molecular formula is C8H9F3N2O. The highest BCUT2D eigenvalue weighted by molar-refractivity contribution is 5.24. The van der Waals surface area contributed by atoms with Crippen LogP contribution in [-0.2, 0) is 19.8 Å². The maximum atomic E-state index is 12.4. The summed E-state index contributed by atoms with van der Waals surface area (Å²) in [6.07, 6.45) is -4.47. The number of pyridine rings is 1. The van der Waals surface area contributed by atoms with Crippen LogP contribution in [0.25, 0.3) is 0 Å². The van der Waals surface area contributed by atoms with E-state index in [4.69, 9.17) is 5.73 Å². The second-order valence-electron chi connectivity index (χ2n) is 2.79. The van der Waals surface area contributed by atoms with Gasteiger partial charge in [0.15, 0.2) is 0 Å². The van der Waals surface area contributed by atoms with Gasteiger partial charge in [0, 0.05) is 25.4 Å². The molecule has 0 saturated heterocycles. The van der Waals surface area contributed by atoms with Crippen molar-refractivity contribution in [3.63, 3.8) is 0 Å². The van der Waals surface area contributed by atoms with Crippen LogP contribution in [0.1, 0.15) is 11.3 Å². The van der Waals surface area contributed by atoms with E-state index in [1.54, 1.807) is 0 Å². The quantitative estimate of drug-likeness (QED) is 0.740. The number of alkyl halides is 3. The van der Waals surface area contributed by atoms with Crippen LogP contribution in [0.2, 0.25) is 0 Å². The van der Waals surface area contributed by atoms with E-state index in [2.05, 4.69) is 0 Å². The highest BCUT2D eigenvalue weighted by Gasteiger charge is 2.33. The Balaban J connectivity index is 3.47. The summed E-state index contributed by atoms with van der Waals surface area (Å²) in [6.45, 7) is -0.318. The maximum absolute atomic E-state index is 12.4. The molecule has 0 fully saturated rings. The highest BCUT2D eigenvalue weighted by atomic mass is 19.4. The second kappa shape index (κ2) is 3.45. The number of halogens is 3. The van der Waals surface area contributed by atoms with Crippen molar-refractivity contribution >= 4 is 0 Å². The molecule has 0 saturated carbocycles. The molecule has 0 aliphatic carbocycles. The zero-order valence-electron chi connectivity index (χ0n) is 7.43.